The Kier molecular flexibility index (Phi) is 5.29. The van der Waals surface area contributed by atoms with Crippen LogP contribution in [0.2, 0.25) is 0 Å². The summed E-state index contributed by atoms with van der Waals surface area (Å²) in [5.41, 5.74) is 1.46. The van der Waals surface area contributed by atoms with Crippen molar-refractivity contribution in [2.45, 2.75) is 0 Å². The van der Waals surface area contributed by atoms with Crippen molar-refractivity contribution >= 4 is 23.6 Å². The van der Waals surface area contributed by atoms with Crippen molar-refractivity contribution in [2.24, 2.45) is 0 Å². The van der Waals surface area contributed by atoms with Crippen LogP contribution in [0.5, 0.6) is 11.5 Å². The first-order valence-corrected chi connectivity index (χ1v) is 8.86. The zero-order valence-corrected chi connectivity index (χ0v) is 15.5. The summed E-state index contributed by atoms with van der Waals surface area (Å²) in [6, 6.07) is 12.3. The molecule has 2 heterocycles. The van der Waals surface area contributed by atoms with E-state index < -0.39 is 24.5 Å². The molecule has 0 radical (unpaired) electrons. The number of ether oxygens (including phenoxy) is 3. The van der Waals surface area contributed by atoms with Crippen molar-refractivity contribution in [3.05, 3.63) is 66.5 Å². The van der Waals surface area contributed by atoms with Crippen LogP contribution in [0.15, 0.2) is 60.9 Å². The van der Waals surface area contributed by atoms with Crippen molar-refractivity contribution in [3.8, 4) is 17.2 Å². The molecule has 10 heteroatoms. The first-order valence-electron chi connectivity index (χ1n) is 8.86. The standard InChI is InChI=1S/C20H16N4O6/c25-18(23-20(27)22-14-4-7-16-17(10-14)30-12-29-16)11-28-19(26)13-2-5-15(6-3-13)24-9-1-8-21-24/h1-10H,11-12H2,(H2,22,23,25,27). The fourth-order valence-electron chi connectivity index (χ4n) is 2.69. The number of amides is 3. The molecule has 1 aromatic heterocycles. The SMILES string of the molecule is O=C(COC(=O)c1ccc(-n2cccn2)cc1)NC(=O)Nc1ccc2c(c1)OCO2. The predicted octanol–water partition coefficient (Wildman–Crippen LogP) is 2.11. The largest absolute Gasteiger partial charge is 0.454 e. The fourth-order valence-corrected chi connectivity index (χ4v) is 2.69. The van der Waals surface area contributed by atoms with Gasteiger partial charge in [-0.1, -0.05) is 0 Å². The van der Waals surface area contributed by atoms with Crippen LogP contribution >= 0.6 is 0 Å². The molecule has 3 aromatic rings. The molecular weight excluding hydrogens is 392 g/mol. The van der Waals surface area contributed by atoms with Crippen LogP contribution in [-0.2, 0) is 9.53 Å². The normalized spacial score (nSPS) is 11.6. The zero-order valence-electron chi connectivity index (χ0n) is 15.5. The summed E-state index contributed by atoms with van der Waals surface area (Å²) in [4.78, 5) is 35.9. The third-order valence-electron chi connectivity index (χ3n) is 4.09. The molecule has 2 aromatic carbocycles. The van der Waals surface area contributed by atoms with Crippen molar-refractivity contribution in [1.82, 2.24) is 15.1 Å². The van der Waals surface area contributed by atoms with Gasteiger partial charge >= 0.3 is 12.0 Å². The van der Waals surface area contributed by atoms with E-state index in [1.165, 1.54) is 0 Å². The summed E-state index contributed by atoms with van der Waals surface area (Å²) in [5.74, 6) is -0.392. The minimum absolute atomic E-state index is 0.112. The average Bonchev–Trinajstić information content (AvgIpc) is 3.43. The van der Waals surface area contributed by atoms with Crippen LogP contribution in [0.4, 0.5) is 10.5 Å². The predicted molar refractivity (Wildman–Crippen MR) is 104 cm³/mol. The summed E-state index contributed by atoms with van der Waals surface area (Å²) in [6.07, 6.45) is 3.41. The van der Waals surface area contributed by atoms with Gasteiger partial charge in [-0.15, -0.1) is 0 Å². The highest BCUT2D eigenvalue weighted by molar-refractivity contribution is 6.02. The maximum Gasteiger partial charge on any atom is 0.338 e. The lowest BCUT2D eigenvalue weighted by Crippen LogP contribution is -2.37. The Hall–Kier alpha value is -4.34. The highest BCUT2D eigenvalue weighted by Gasteiger charge is 2.16. The van der Waals surface area contributed by atoms with Crippen LogP contribution in [0.3, 0.4) is 0 Å². The minimum Gasteiger partial charge on any atom is -0.454 e. The molecule has 0 aliphatic carbocycles. The Morgan fingerprint density at radius 2 is 1.87 bits per heavy atom. The van der Waals surface area contributed by atoms with E-state index in [1.807, 2.05) is 0 Å². The number of aromatic nitrogens is 2. The van der Waals surface area contributed by atoms with E-state index in [4.69, 9.17) is 14.2 Å². The van der Waals surface area contributed by atoms with Gasteiger partial charge in [-0.3, -0.25) is 10.1 Å². The Labute approximate surface area is 170 Å². The number of urea groups is 1. The second-order valence-electron chi connectivity index (χ2n) is 6.14. The number of fused-ring (bicyclic) bond motifs is 1. The first-order chi connectivity index (χ1) is 14.6. The smallest absolute Gasteiger partial charge is 0.338 e. The first kappa shape index (κ1) is 19.0. The van der Waals surface area contributed by atoms with Gasteiger partial charge in [0.25, 0.3) is 5.91 Å². The van der Waals surface area contributed by atoms with Gasteiger partial charge in [0.15, 0.2) is 18.1 Å². The topological polar surface area (TPSA) is 121 Å². The summed E-state index contributed by atoms with van der Waals surface area (Å²) < 4.78 is 17.0. The third-order valence-corrected chi connectivity index (χ3v) is 4.09. The van der Waals surface area contributed by atoms with Crippen molar-refractivity contribution in [2.75, 3.05) is 18.7 Å². The molecule has 0 saturated carbocycles. The number of carbonyl (C=O) groups excluding carboxylic acids is 3. The van der Waals surface area contributed by atoms with Gasteiger partial charge in [0.1, 0.15) is 0 Å². The van der Waals surface area contributed by atoms with Gasteiger partial charge in [-0.2, -0.15) is 5.10 Å². The van der Waals surface area contributed by atoms with Crippen molar-refractivity contribution in [1.29, 1.82) is 0 Å². The molecule has 10 nitrogen and oxygen atoms in total. The van der Waals surface area contributed by atoms with Crippen LogP contribution < -0.4 is 20.1 Å². The lowest BCUT2D eigenvalue weighted by Gasteiger charge is -2.08. The Balaban J connectivity index is 1.25. The van der Waals surface area contributed by atoms with E-state index in [1.54, 1.807) is 65.6 Å². The minimum atomic E-state index is -0.769. The van der Waals surface area contributed by atoms with E-state index in [-0.39, 0.29) is 12.4 Å². The Morgan fingerprint density at radius 3 is 2.63 bits per heavy atom. The summed E-state index contributed by atoms with van der Waals surface area (Å²) in [5, 5.41) is 8.66. The number of rotatable bonds is 5. The van der Waals surface area contributed by atoms with Crippen LogP contribution in [0.25, 0.3) is 5.69 Å². The summed E-state index contributed by atoms with van der Waals surface area (Å²) in [7, 11) is 0. The number of nitrogens with zero attached hydrogens (tertiary/aromatic N) is 2. The number of carbonyl (C=O) groups is 3. The molecule has 1 aliphatic heterocycles. The molecule has 2 N–H and O–H groups in total. The lowest BCUT2D eigenvalue weighted by molar-refractivity contribution is -0.123. The summed E-state index contributed by atoms with van der Waals surface area (Å²) in [6.45, 7) is -0.491. The van der Waals surface area contributed by atoms with Gasteiger partial charge in [-0.05, 0) is 42.5 Å². The maximum absolute atomic E-state index is 12.1. The summed E-state index contributed by atoms with van der Waals surface area (Å²) >= 11 is 0. The van der Waals surface area contributed by atoms with Crippen LogP contribution in [0.1, 0.15) is 10.4 Å². The highest BCUT2D eigenvalue weighted by Crippen LogP contribution is 2.34. The van der Waals surface area contributed by atoms with Gasteiger partial charge in [0.05, 0.1) is 11.3 Å². The molecule has 0 fully saturated rings. The monoisotopic (exact) mass is 408 g/mol. The van der Waals surface area contributed by atoms with E-state index in [0.717, 1.165) is 5.69 Å². The molecule has 152 valence electrons. The number of hydrogen-bond acceptors (Lipinski definition) is 7. The lowest BCUT2D eigenvalue weighted by atomic mass is 10.2. The third kappa shape index (κ3) is 4.38. The van der Waals surface area contributed by atoms with Gasteiger partial charge in [-0.25, -0.2) is 14.3 Å². The Morgan fingerprint density at radius 1 is 1.07 bits per heavy atom. The number of hydrogen-bond donors (Lipinski definition) is 2. The van der Waals surface area contributed by atoms with Crippen molar-refractivity contribution < 1.29 is 28.6 Å². The van der Waals surface area contributed by atoms with Gasteiger partial charge in [0.2, 0.25) is 6.79 Å². The number of imide groups is 1. The fraction of sp³-hybridized carbons (Fsp3) is 0.100. The molecule has 0 spiro atoms. The number of nitrogens with one attached hydrogen (secondary N) is 2. The molecule has 0 unspecified atom stereocenters. The molecule has 4 rings (SSSR count). The molecule has 1 aliphatic rings. The molecule has 3 amide bonds. The average molecular weight is 408 g/mol. The van der Waals surface area contributed by atoms with E-state index in [2.05, 4.69) is 15.7 Å². The van der Waals surface area contributed by atoms with Crippen LogP contribution in [-0.4, -0.2) is 41.1 Å². The van der Waals surface area contributed by atoms with E-state index >= 15 is 0 Å². The number of benzene rings is 2. The van der Waals surface area contributed by atoms with E-state index in [0.29, 0.717) is 17.2 Å². The number of esters is 1. The van der Waals surface area contributed by atoms with E-state index in [9.17, 15) is 14.4 Å². The Bertz CT molecular complexity index is 1080. The molecular formula is C20H16N4O6. The molecule has 0 saturated heterocycles. The van der Waals surface area contributed by atoms with Gasteiger partial charge in [0, 0.05) is 24.1 Å². The second-order valence-corrected chi connectivity index (χ2v) is 6.14. The highest BCUT2D eigenvalue weighted by atomic mass is 16.7. The molecule has 30 heavy (non-hydrogen) atoms. The molecule has 0 atom stereocenters. The number of anilines is 1. The van der Waals surface area contributed by atoms with Crippen molar-refractivity contribution in [3.63, 3.8) is 0 Å². The quantitative estimate of drug-likeness (QED) is 0.620. The maximum atomic E-state index is 12.1. The molecule has 0 bridgehead atoms. The van der Waals surface area contributed by atoms with Crippen LogP contribution in [0, 0.1) is 0 Å². The zero-order chi connectivity index (χ0) is 20.9. The second kappa shape index (κ2) is 8.35. The van der Waals surface area contributed by atoms with Gasteiger partial charge < -0.3 is 19.5 Å².